The molecule has 0 bridgehead atoms. The van der Waals surface area contributed by atoms with E-state index >= 15 is 0 Å². The fourth-order valence-corrected chi connectivity index (χ4v) is 2.13. The van der Waals surface area contributed by atoms with Crippen LogP contribution in [0.1, 0.15) is 45.3 Å². The third-order valence-corrected chi connectivity index (χ3v) is 3.22. The first kappa shape index (κ1) is 10.7. The minimum Gasteiger partial charge on any atom is -0.469 e. The Morgan fingerprint density at radius 1 is 1.40 bits per heavy atom. The van der Waals surface area contributed by atoms with Gasteiger partial charge in [-0.15, -0.1) is 0 Å². The first-order valence-corrected chi connectivity index (χ1v) is 5.85. The van der Waals surface area contributed by atoms with E-state index in [-0.39, 0.29) is 5.54 Å². The second-order valence-electron chi connectivity index (χ2n) is 5.59. The van der Waals surface area contributed by atoms with Crippen molar-refractivity contribution in [1.82, 2.24) is 5.32 Å². The molecule has 1 aliphatic carbocycles. The lowest BCUT2D eigenvalue weighted by Crippen LogP contribution is -2.42. The van der Waals surface area contributed by atoms with Gasteiger partial charge in [-0.3, -0.25) is 0 Å². The van der Waals surface area contributed by atoms with Crippen molar-refractivity contribution >= 4 is 0 Å². The van der Waals surface area contributed by atoms with Crippen LogP contribution in [0.4, 0.5) is 0 Å². The zero-order valence-electron chi connectivity index (χ0n) is 9.92. The fourth-order valence-electron chi connectivity index (χ4n) is 2.13. The summed E-state index contributed by atoms with van der Waals surface area (Å²) in [6.07, 6.45) is 4.39. The Morgan fingerprint density at radius 2 is 2.20 bits per heavy atom. The topological polar surface area (TPSA) is 25.2 Å². The van der Waals surface area contributed by atoms with Crippen molar-refractivity contribution in [2.75, 3.05) is 6.54 Å². The molecule has 2 rings (SSSR count). The molecule has 1 aliphatic rings. The molecule has 1 heterocycles. The summed E-state index contributed by atoms with van der Waals surface area (Å²) in [6, 6.07) is 4.09. The minimum atomic E-state index is 0.226. The van der Waals surface area contributed by atoms with Crippen LogP contribution in [-0.4, -0.2) is 12.1 Å². The number of hydrogen-bond acceptors (Lipinski definition) is 2. The Labute approximate surface area is 92.1 Å². The molecular weight excluding hydrogens is 186 g/mol. The number of nitrogens with one attached hydrogen (secondary N) is 1. The third kappa shape index (κ3) is 2.63. The highest BCUT2D eigenvalue weighted by molar-refractivity contribution is 5.11. The molecule has 0 radical (unpaired) electrons. The lowest BCUT2D eigenvalue weighted by molar-refractivity contribution is 0.201. The average Bonchev–Trinajstić information content (AvgIpc) is 2.53. The predicted octanol–water partition coefficient (Wildman–Crippen LogP) is 3.16. The van der Waals surface area contributed by atoms with E-state index in [2.05, 4.69) is 32.2 Å². The van der Waals surface area contributed by atoms with E-state index in [1.54, 1.807) is 6.26 Å². The smallest absolute Gasteiger partial charge is 0.107 e. The van der Waals surface area contributed by atoms with Crippen LogP contribution >= 0.6 is 0 Å². The highest BCUT2D eigenvalue weighted by Crippen LogP contribution is 2.42. The Balaban J connectivity index is 1.85. The summed E-state index contributed by atoms with van der Waals surface area (Å²) in [5.74, 6) is 2.58. The zero-order valence-corrected chi connectivity index (χ0v) is 9.92. The van der Waals surface area contributed by atoms with Crippen molar-refractivity contribution in [3.8, 4) is 0 Å². The Morgan fingerprint density at radius 3 is 2.67 bits per heavy atom. The van der Waals surface area contributed by atoms with Gasteiger partial charge in [0.25, 0.3) is 0 Å². The molecule has 0 amide bonds. The maximum absolute atomic E-state index is 5.47. The quantitative estimate of drug-likeness (QED) is 0.823. The molecule has 1 fully saturated rings. The molecule has 1 aromatic heterocycles. The number of furan rings is 1. The lowest BCUT2D eigenvalue weighted by Gasteiger charge is -2.37. The van der Waals surface area contributed by atoms with Crippen LogP contribution in [0.25, 0.3) is 0 Å². The summed E-state index contributed by atoms with van der Waals surface area (Å²) < 4.78 is 5.47. The molecule has 2 unspecified atom stereocenters. The molecule has 1 aromatic rings. The van der Waals surface area contributed by atoms with E-state index in [4.69, 9.17) is 4.42 Å². The van der Waals surface area contributed by atoms with Gasteiger partial charge in [0.1, 0.15) is 5.76 Å². The Hall–Kier alpha value is -0.760. The van der Waals surface area contributed by atoms with Gasteiger partial charge in [0.05, 0.1) is 6.26 Å². The monoisotopic (exact) mass is 207 g/mol. The average molecular weight is 207 g/mol. The summed E-state index contributed by atoms with van der Waals surface area (Å²) in [4.78, 5) is 0. The molecule has 15 heavy (non-hydrogen) atoms. The van der Waals surface area contributed by atoms with Crippen molar-refractivity contribution < 1.29 is 4.42 Å². The van der Waals surface area contributed by atoms with E-state index in [9.17, 15) is 0 Å². The zero-order chi connectivity index (χ0) is 10.9. The van der Waals surface area contributed by atoms with E-state index in [1.165, 1.54) is 18.6 Å². The Bertz CT molecular complexity index is 297. The second-order valence-corrected chi connectivity index (χ2v) is 5.59. The van der Waals surface area contributed by atoms with Crippen molar-refractivity contribution in [2.45, 2.75) is 45.1 Å². The number of rotatable bonds is 3. The van der Waals surface area contributed by atoms with Crippen molar-refractivity contribution in [2.24, 2.45) is 5.92 Å². The van der Waals surface area contributed by atoms with Gasteiger partial charge in [-0.25, -0.2) is 0 Å². The molecule has 0 aromatic carbocycles. The second kappa shape index (κ2) is 4.01. The predicted molar refractivity (Wildman–Crippen MR) is 61.9 cm³/mol. The molecule has 0 spiro atoms. The van der Waals surface area contributed by atoms with Crippen LogP contribution in [0.5, 0.6) is 0 Å². The van der Waals surface area contributed by atoms with Crippen molar-refractivity contribution in [3.05, 3.63) is 24.2 Å². The van der Waals surface area contributed by atoms with Crippen LogP contribution in [0.2, 0.25) is 0 Å². The van der Waals surface area contributed by atoms with Crippen LogP contribution in [0.3, 0.4) is 0 Å². The highest BCUT2D eigenvalue weighted by Gasteiger charge is 2.34. The summed E-state index contributed by atoms with van der Waals surface area (Å²) >= 11 is 0. The molecule has 2 heteroatoms. The van der Waals surface area contributed by atoms with Crippen LogP contribution in [0, 0.1) is 5.92 Å². The van der Waals surface area contributed by atoms with Gasteiger partial charge in [-0.05, 0) is 58.2 Å². The molecule has 0 saturated heterocycles. The molecule has 2 nitrogen and oxygen atoms in total. The lowest BCUT2D eigenvalue weighted by atomic mass is 9.72. The van der Waals surface area contributed by atoms with Gasteiger partial charge in [0.2, 0.25) is 0 Å². The van der Waals surface area contributed by atoms with Gasteiger partial charge in [0.15, 0.2) is 0 Å². The fraction of sp³-hybridized carbons (Fsp3) is 0.692. The SMILES string of the molecule is CC(C)(C)NCC1CCC1c1ccco1. The van der Waals surface area contributed by atoms with Crippen LogP contribution < -0.4 is 5.32 Å². The molecule has 84 valence electrons. The summed E-state index contributed by atoms with van der Waals surface area (Å²) in [7, 11) is 0. The number of hydrogen-bond donors (Lipinski definition) is 1. The third-order valence-electron chi connectivity index (χ3n) is 3.22. The summed E-state index contributed by atoms with van der Waals surface area (Å²) in [5.41, 5.74) is 0.226. The van der Waals surface area contributed by atoms with Gasteiger partial charge in [-0.1, -0.05) is 0 Å². The first-order valence-electron chi connectivity index (χ1n) is 5.85. The summed E-state index contributed by atoms with van der Waals surface area (Å²) in [6.45, 7) is 7.75. The standard InChI is InChI=1S/C13H21NO/c1-13(2,3)14-9-10-6-7-11(10)12-5-4-8-15-12/h4-5,8,10-11,14H,6-7,9H2,1-3H3. The van der Waals surface area contributed by atoms with Crippen molar-refractivity contribution in [1.29, 1.82) is 0 Å². The Kier molecular flexibility index (Phi) is 2.87. The largest absolute Gasteiger partial charge is 0.469 e. The summed E-state index contributed by atoms with van der Waals surface area (Å²) in [5, 5.41) is 3.57. The van der Waals surface area contributed by atoms with Crippen LogP contribution in [0.15, 0.2) is 22.8 Å². The van der Waals surface area contributed by atoms with E-state index in [1.807, 2.05) is 6.07 Å². The minimum absolute atomic E-state index is 0.226. The van der Waals surface area contributed by atoms with Gasteiger partial charge in [-0.2, -0.15) is 0 Å². The molecule has 1 N–H and O–H groups in total. The highest BCUT2D eigenvalue weighted by atomic mass is 16.3. The van der Waals surface area contributed by atoms with E-state index in [0.29, 0.717) is 5.92 Å². The van der Waals surface area contributed by atoms with E-state index < -0.39 is 0 Å². The molecular formula is C13H21NO. The molecule has 2 atom stereocenters. The molecule has 1 saturated carbocycles. The van der Waals surface area contributed by atoms with Crippen molar-refractivity contribution in [3.63, 3.8) is 0 Å². The molecule has 0 aliphatic heterocycles. The van der Waals surface area contributed by atoms with Gasteiger partial charge < -0.3 is 9.73 Å². The maximum Gasteiger partial charge on any atom is 0.107 e. The van der Waals surface area contributed by atoms with E-state index in [0.717, 1.165) is 12.5 Å². The maximum atomic E-state index is 5.47. The normalized spacial score (nSPS) is 26.3. The first-order chi connectivity index (χ1) is 7.06. The van der Waals surface area contributed by atoms with Gasteiger partial charge >= 0.3 is 0 Å². The van der Waals surface area contributed by atoms with Gasteiger partial charge in [0, 0.05) is 11.5 Å². The van der Waals surface area contributed by atoms with Crippen LogP contribution in [-0.2, 0) is 0 Å².